The van der Waals surface area contributed by atoms with E-state index in [9.17, 15) is 4.79 Å². The molecule has 2 aliphatic rings. The minimum Gasteiger partial charge on any atom is -0.495 e. The van der Waals surface area contributed by atoms with Crippen molar-refractivity contribution in [1.29, 1.82) is 0 Å². The molecule has 1 fully saturated rings. The fourth-order valence-corrected chi connectivity index (χ4v) is 6.63. The Morgan fingerprint density at radius 1 is 0.955 bits per heavy atom. The monoisotopic (exact) mass is 605 g/mol. The molecule has 0 atom stereocenters. The highest BCUT2D eigenvalue weighted by atomic mass is 35.5. The fourth-order valence-electron chi connectivity index (χ4n) is 6.37. The highest BCUT2D eigenvalue weighted by Crippen LogP contribution is 2.45. The first-order valence-electron chi connectivity index (χ1n) is 15.0. The van der Waals surface area contributed by atoms with Crippen LogP contribution in [0.15, 0.2) is 91.3 Å². The van der Waals surface area contributed by atoms with Crippen LogP contribution >= 0.6 is 11.6 Å². The van der Waals surface area contributed by atoms with Gasteiger partial charge in [-0.1, -0.05) is 60.8 Å². The average Bonchev–Trinajstić information content (AvgIpc) is 3.75. The number of benzene rings is 3. The zero-order valence-corrected chi connectivity index (χ0v) is 25.2. The Morgan fingerprint density at radius 2 is 1.64 bits per heavy atom. The van der Waals surface area contributed by atoms with E-state index in [4.69, 9.17) is 31.2 Å². The van der Waals surface area contributed by atoms with Gasteiger partial charge in [0.15, 0.2) is 11.6 Å². The summed E-state index contributed by atoms with van der Waals surface area (Å²) in [6, 6.07) is 25.3. The molecule has 1 aliphatic carbocycles. The number of carbonyl (C=O) groups excluding carboxylic acids is 1. The van der Waals surface area contributed by atoms with Crippen molar-refractivity contribution in [3.63, 3.8) is 0 Å². The number of ether oxygens (including phenoxy) is 2. The van der Waals surface area contributed by atoms with Crippen LogP contribution in [0.3, 0.4) is 0 Å². The predicted molar refractivity (Wildman–Crippen MR) is 169 cm³/mol. The lowest BCUT2D eigenvalue weighted by molar-refractivity contribution is -0.134. The van der Waals surface area contributed by atoms with Crippen molar-refractivity contribution in [2.45, 2.75) is 44.2 Å². The summed E-state index contributed by atoms with van der Waals surface area (Å²) >= 11 is 6.53. The summed E-state index contributed by atoms with van der Waals surface area (Å²) in [6.07, 6.45) is 7.65. The molecule has 0 bridgehead atoms. The molecule has 3 aromatic carbocycles. The number of hydrogen-bond donors (Lipinski definition) is 0. The quantitative estimate of drug-likeness (QED) is 0.184. The van der Waals surface area contributed by atoms with Crippen LogP contribution in [0.2, 0.25) is 5.02 Å². The Kier molecular flexibility index (Phi) is 7.75. The van der Waals surface area contributed by atoms with Crippen molar-refractivity contribution >= 4 is 17.5 Å². The number of pyridine rings is 1. The summed E-state index contributed by atoms with van der Waals surface area (Å²) in [5.74, 6) is 2.94. The van der Waals surface area contributed by atoms with Crippen LogP contribution in [0, 0.1) is 0 Å². The number of carbonyl (C=O) groups is 1. The van der Waals surface area contributed by atoms with Crippen LogP contribution < -0.4 is 9.47 Å². The molecule has 1 saturated carbocycles. The number of halogens is 1. The third kappa shape index (κ3) is 5.30. The van der Waals surface area contributed by atoms with Crippen LogP contribution in [-0.4, -0.2) is 50.3 Å². The average molecular weight is 606 g/mol. The van der Waals surface area contributed by atoms with Crippen LogP contribution in [0.25, 0.3) is 22.8 Å². The standard InChI is InChI=1S/C35H32ClN5O3/c1-43-31-15-14-24(22-28(31)36)34-38-33(23-16-18-37-19-17-23)39-41(34)21-20-40(25-8-2-3-9-25)35(42)32-26-10-4-6-12-29(26)44-30-13-7-5-11-27(30)32/h4-7,10-19,22,25,32H,2-3,8-9,20-21H2,1H3. The summed E-state index contributed by atoms with van der Waals surface area (Å²) < 4.78 is 13.5. The lowest BCUT2D eigenvalue weighted by Gasteiger charge is -2.35. The van der Waals surface area contributed by atoms with E-state index in [0.717, 1.165) is 59.4 Å². The van der Waals surface area contributed by atoms with Gasteiger partial charge in [-0.15, -0.1) is 0 Å². The van der Waals surface area contributed by atoms with E-state index in [1.807, 2.05) is 83.5 Å². The minimum absolute atomic E-state index is 0.0867. The molecule has 0 saturated heterocycles. The van der Waals surface area contributed by atoms with Gasteiger partial charge in [-0.05, 0) is 55.3 Å². The van der Waals surface area contributed by atoms with E-state index < -0.39 is 5.92 Å². The van der Waals surface area contributed by atoms with Crippen LogP contribution in [0.1, 0.15) is 42.7 Å². The minimum atomic E-state index is -0.445. The molecule has 44 heavy (non-hydrogen) atoms. The number of nitrogens with zero attached hydrogens (tertiary/aromatic N) is 5. The maximum atomic E-state index is 14.7. The second kappa shape index (κ2) is 12.1. The van der Waals surface area contributed by atoms with Gasteiger partial charge in [0, 0.05) is 47.2 Å². The number of fused-ring (bicyclic) bond motifs is 2. The van der Waals surface area contributed by atoms with Crippen LogP contribution in [0.4, 0.5) is 0 Å². The second-order valence-electron chi connectivity index (χ2n) is 11.1. The van der Waals surface area contributed by atoms with Gasteiger partial charge in [0.2, 0.25) is 5.91 Å². The van der Waals surface area contributed by atoms with Gasteiger partial charge in [-0.3, -0.25) is 9.78 Å². The maximum absolute atomic E-state index is 14.7. The largest absolute Gasteiger partial charge is 0.495 e. The number of hydrogen-bond acceptors (Lipinski definition) is 6. The lowest BCUT2D eigenvalue weighted by Crippen LogP contribution is -2.44. The zero-order valence-electron chi connectivity index (χ0n) is 24.4. The molecule has 2 aromatic heterocycles. The SMILES string of the molecule is COc1ccc(-c2nc(-c3ccncc3)nn2CCN(C(=O)C2c3ccccc3Oc3ccccc32)C2CCCC2)cc1Cl. The van der Waals surface area contributed by atoms with E-state index in [1.54, 1.807) is 19.5 Å². The Bertz CT molecular complexity index is 1760. The third-order valence-electron chi connectivity index (χ3n) is 8.55. The summed E-state index contributed by atoms with van der Waals surface area (Å²) in [6.45, 7) is 0.951. The summed E-state index contributed by atoms with van der Waals surface area (Å²) in [7, 11) is 1.59. The number of amides is 1. The molecule has 0 unspecified atom stereocenters. The van der Waals surface area contributed by atoms with Gasteiger partial charge in [0.1, 0.15) is 17.2 Å². The van der Waals surface area contributed by atoms with Crippen molar-refractivity contribution in [3.05, 3.63) is 107 Å². The predicted octanol–water partition coefficient (Wildman–Crippen LogP) is 7.38. The molecule has 3 heterocycles. The Labute approximate surface area is 261 Å². The molecule has 222 valence electrons. The topological polar surface area (TPSA) is 82.4 Å². The van der Waals surface area contributed by atoms with E-state index in [1.165, 1.54) is 0 Å². The molecule has 0 N–H and O–H groups in total. The van der Waals surface area contributed by atoms with Crippen molar-refractivity contribution in [1.82, 2.24) is 24.6 Å². The normalized spacial score (nSPS) is 14.5. The molecular weight excluding hydrogens is 574 g/mol. The van der Waals surface area contributed by atoms with E-state index in [2.05, 4.69) is 9.88 Å². The summed E-state index contributed by atoms with van der Waals surface area (Å²) in [5.41, 5.74) is 3.47. The van der Waals surface area contributed by atoms with Crippen molar-refractivity contribution in [2.75, 3.05) is 13.7 Å². The second-order valence-corrected chi connectivity index (χ2v) is 11.6. The molecule has 5 aromatic rings. The first-order chi connectivity index (χ1) is 21.6. The van der Waals surface area contributed by atoms with E-state index in [-0.39, 0.29) is 11.9 Å². The molecule has 7 rings (SSSR count). The van der Waals surface area contributed by atoms with Crippen molar-refractivity contribution in [3.8, 4) is 40.0 Å². The Hall–Kier alpha value is -4.69. The number of methoxy groups -OCH3 is 1. The van der Waals surface area contributed by atoms with Gasteiger partial charge in [-0.2, -0.15) is 5.10 Å². The van der Waals surface area contributed by atoms with Crippen molar-refractivity contribution < 1.29 is 14.3 Å². The number of rotatable bonds is 8. The van der Waals surface area contributed by atoms with E-state index >= 15 is 0 Å². The van der Waals surface area contributed by atoms with Gasteiger partial charge in [0.25, 0.3) is 0 Å². The van der Waals surface area contributed by atoms with E-state index in [0.29, 0.717) is 35.5 Å². The molecule has 0 radical (unpaired) electrons. The third-order valence-corrected chi connectivity index (χ3v) is 8.84. The van der Waals surface area contributed by atoms with Crippen molar-refractivity contribution in [2.24, 2.45) is 0 Å². The van der Waals surface area contributed by atoms with Gasteiger partial charge < -0.3 is 14.4 Å². The Balaban J connectivity index is 1.25. The number of aromatic nitrogens is 4. The smallest absolute Gasteiger partial charge is 0.235 e. The van der Waals surface area contributed by atoms with Gasteiger partial charge in [0.05, 0.1) is 24.6 Å². The summed E-state index contributed by atoms with van der Waals surface area (Å²) in [4.78, 5) is 25.9. The molecule has 8 nitrogen and oxygen atoms in total. The first-order valence-corrected chi connectivity index (χ1v) is 15.3. The zero-order chi connectivity index (χ0) is 30.0. The molecule has 1 aliphatic heterocycles. The maximum Gasteiger partial charge on any atom is 0.235 e. The Morgan fingerprint density at radius 3 is 2.30 bits per heavy atom. The summed E-state index contributed by atoms with van der Waals surface area (Å²) in [5, 5.41) is 5.41. The number of para-hydroxylation sites is 2. The molecular formula is C35H32ClN5O3. The molecule has 9 heteroatoms. The fraction of sp³-hybridized carbons (Fsp3) is 0.257. The van der Waals surface area contributed by atoms with Crippen LogP contribution in [-0.2, 0) is 11.3 Å². The molecule has 1 amide bonds. The molecule has 0 spiro atoms. The lowest BCUT2D eigenvalue weighted by atomic mass is 9.86. The van der Waals surface area contributed by atoms with Crippen LogP contribution in [0.5, 0.6) is 17.2 Å². The highest BCUT2D eigenvalue weighted by molar-refractivity contribution is 6.32. The highest BCUT2D eigenvalue weighted by Gasteiger charge is 2.38. The first kappa shape index (κ1) is 28.1. The van der Waals surface area contributed by atoms with Gasteiger partial charge in [-0.25, -0.2) is 9.67 Å². The van der Waals surface area contributed by atoms with Gasteiger partial charge >= 0.3 is 0 Å².